The number of fused-ring (bicyclic) bond motifs is 15. The lowest BCUT2D eigenvalue weighted by Gasteiger charge is -2.33. The van der Waals surface area contributed by atoms with E-state index in [1.165, 1.54) is 93.5 Å². The molecule has 0 fully saturated rings. The molecule has 81 heavy (non-hydrogen) atoms. The highest BCUT2D eigenvalue weighted by molar-refractivity contribution is 6.14. The lowest BCUT2D eigenvalue weighted by molar-refractivity contribution is 0.801. The van der Waals surface area contributed by atoms with Crippen LogP contribution in [-0.2, 0) is 5.41 Å². The van der Waals surface area contributed by atoms with Gasteiger partial charge in [-0.25, -0.2) is 0 Å². The first-order valence-electron chi connectivity index (χ1n) is 28.1. The molecule has 2 aliphatic carbocycles. The van der Waals surface area contributed by atoms with Gasteiger partial charge in [-0.3, -0.25) is 0 Å². The second-order valence-corrected chi connectivity index (χ2v) is 21.5. The third kappa shape index (κ3) is 7.27. The number of anilines is 6. The van der Waals surface area contributed by atoms with Crippen LogP contribution in [0.1, 0.15) is 22.3 Å². The fraction of sp³-hybridized carbons (Fsp3) is 0.0127. The van der Waals surface area contributed by atoms with Gasteiger partial charge in [0.2, 0.25) is 0 Å². The third-order valence-corrected chi connectivity index (χ3v) is 17.2. The Balaban J connectivity index is 0.913. The summed E-state index contributed by atoms with van der Waals surface area (Å²) in [5.74, 6) is 0. The number of para-hydroxylation sites is 2. The Hall–Kier alpha value is -10.5. The fourth-order valence-electron chi connectivity index (χ4n) is 13.8. The number of nitrogens with zero attached hydrogens (tertiary/aromatic N) is 2. The summed E-state index contributed by atoms with van der Waals surface area (Å²) >= 11 is 0. The van der Waals surface area contributed by atoms with E-state index in [-0.39, 0.29) is 0 Å². The van der Waals surface area contributed by atoms with Gasteiger partial charge in [0.1, 0.15) is 0 Å². The first kappa shape index (κ1) is 46.5. The maximum absolute atomic E-state index is 2.53. The largest absolute Gasteiger partial charge is 0.310 e. The monoisotopic (exact) mass is 1030 g/mol. The molecule has 2 heteroatoms. The van der Waals surface area contributed by atoms with Crippen molar-refractivity contribution in [3.8, 4) is 55.6 Å². The van der Waals surface area contributed by atoms with Crippen LogP contribution in [-0.4, -0.2) is 0 Å². The van der Waals surface area contributed by atoms with Gasteiger partial charge < -0.3 is 9.80 Å². The Morgan fingerprint density at radius 3 is 1.46 bits per heavy atom. The second kappa shape index (κ2) is 18.8. The molecule has 14 aromatic carbocycles. The van der Waals surface area contributed by atoms with Crippen molar-refractivity contribution >= 4 is 66.4 Å². The summed E-state index contributed by atoms with van der Waals surface area (Å²) in [7, 11) is 0. The Bertz CT molecular complexity index is 4740. The zero-order valence-electron chi connectivity index (χ0n) is 44.4. The molecule has 1 atom stereocenters. The predicted molar refractivity (Wildman–Crippen MR) is 341 cm³/mol. The SMILES string of the molecule is c1ccc(-c2ccc(N(c3ccccc3)c3cc(-c4ccc(N(c5ccccc5-c5ccccc5)c5cccc6c5-c5ccccc5C65c6ccccc6-c6ccc7ccccc7c65)cc4)c4ccc5ccccc5c4c3)cc2)cc1. The maximum Gasteiger partial charge on any atom is 0.0732 e. The van der Waals surface area contributed by atoms with Gasteiger partial charge in [-0.15, -0.1) is 0 Å². The molecule has 0 radical (unpaired) electrons. The van der Waals surface area contributed by atoms with Crippen LogP contribution in [0.3, 0.4) is 0 Å². The Morgan fingerprint density at radius 2 is 0.716 bits per heavy atom. The Morgan fingerprint density at radius 1 is 0.222 bits per heavy atom. The molecule has 14 aromatic rings. The van der Waals surface area contributed by atoms with E-state index in [0.29, 0.717) is 0 Å². The van der Waals surface area contributed by atoms with Crippen LogP contribution in [0.15, 0.2) is 315 Å². The molecule has 0 amide bonds. The molecule has 0 N–H and O–H groups in total. The van der Waals surface area contributed by atoms with Gasteiger partial charge >= 0.3 is 0 Å². The van der Waals surface area contributed by atoms with Gasteiger partial charge in [0.25, 0.3) is 0 Å². The van der Waals surface area contributed by atoms with Crippen molar-refractivity contribution in [1.82, 2.24) is 0 Å². The highest BCUT2D eigenvalue weighted by Gasteiger charge is 2.53. The first-order chi connectivity index (χ1) is 40.2. The average molecular weight is 1030 g/mol. The van der Waals surface area contributed by atoms with Crippen LogP contribution in [0.5, 0.6) is 0 Å². The van der Waals surface area contributed by atoms with Gasteiger partial charge in [-0.05, 0) is 160 Å². The van der Waals surface area contributed by atoms with Crippen LogP contribution < -0.4 is 9.80 Å². The van der Waals surface area contributed by atoms with Gasteiger partial charge in [0, 0.05) is 33.9 Å². The molecule has 0 bridgehead atoms. The molecule has 0 saturated heterocycles. The van der Waals surface area contributed by atoms with Crippen LogP contribution in [0, 0.1) is 0 Å². The molecule has 16 rings (SSSR count). The van der Waals surface area contributed by atoms with E-state index >= 15 is 0 Å². The normalized spacial score (nSPS) is 13.7. The number of hydrogen-bond donors (Lipinski definition) is 0. The first-order valence-corrected chi connectivity index (χ1v) is 28.1. The fourth-order valence-corrected chi connectivity index (χ4v) is 13.8. The average Bonchev–Trinajstić information content (AvgIpc) is 2.25. The number of benzene rings is 14. The van der Waals surface area contributed by atoms with Crippen LogP contribution in [0.4, 0.5) is 34.1 Å². The van der Waals surface area contributed by atoms with E-state index in [4.69, 9.17) is 0 Å². The topological polar surface area (TPSA) is 6.48 Å². The zero-order valence-corrected chi connectivity index (χ0v) is 44.4. The number of hydrogen-bond acceptors (Lipinski definition) is 2. The standard InChI is InChI=1S/C79H52N2/c1-4-21-53(22-5-1)54-39-45-60(46-40-54)80(59-27-8-3-9-28-59)62-51-70(66-49-43-56-25-10-12-29-63(56)71(66)52-62)58-41-47-61(48-42-58)81(75-37-19-16-30-64(75)55-23-6-2-7-24-55)76-38-20-36-74-77(76)69-33-15-18-35-73(69)79(74)72-34-17-14-32-67(72)68-50-44-57-26-11-13-31-65(57)78(68)79/h1-52H. The van der Waals surface area contributed by atoms with Crippen molar-refractivity contribution in [3.05, 3.63) is 338 Å². The van der Waals surface area contributed by atoms with E-state index in [1.54, 1.807) is 0 Å². The van der Waals surface area contributed by atoms with Crippen LogP contribution in [0.25, 0.3) is 88.0 Å². The smallest absolute Gasteiger partial charge is 0.0732 e. The molecule has 2 nitrogen and oxygen atoms in total. The van der Waals surface area contributed by atoms with Crippen molar-refractivity contribution in [2.45, 2.75) is 5.41 Å². The summed E-state index contributed by atoms with van der Waals surface area (Å²) in [5.41, 5.74) is 23.5. The minimum Gasteiger partial charge on any atom is -0.310 e. The molecule has 0 saturated carbocycles. The summed E-state index contributed by atoms with van der Waals surface area (Å²) in [6.45, 7) is 0. The highest BCUT2D eigenvalue weighted by Crippen LogP contribution is 2.66. The summed E-state index contributed by atoms with van der Waals surface area (Å²) in [6, 6.07) is 117. The summed E-state index contributed by atoms with van der Waals surface area (Å²) in [4.78, 5) is 4.94. The Kier molecular flexibility index (Phi) is 10.8. The lowest BCUT2D eigenvalue weighted by Crippen LogP contribution is -2.26. The van der Waals surface area contributed by atoms with Gasteiger partial charge in [-0.1, -0.05) is 255 Å². The molecule has 2 aliphatic rings. The molecule has 1 spiro atoms. The van der Waals surface area contributed by atoms with Crippen molar-refractivity contribution in [3.63, 3.8) is 0 Å². The van der Waals surface area contributed by atoms with Crippen molar-refractivity contribution < 1.29 is 0 Å². The van der Waals surface area contributed by atoms with Crippen LogP contribution in [0.2, 0.25) is 0 Å². The van der Waals surface area contributed by atoms with Gasteiger partial charge in [-0.2, -0.15) is 0 Å². The lowest BCUT2D eigenvalue weighted by atomic mass is 9.69. The highest BCUT2D eigenvalue weighted by atomic mass is 15.2. The van der Waals surface area contributed by atoms with E-state index in [9.17, 15) is 0 Å². The van der Waals surface area contributed by atoms with Crippen molar-refractivity contribution in [2.75, 3.05) is 9.80 Å². The van der Waals surface area contributed by atoms with Crippen LogP contribution >= 0.6 is 0 Å². The molecular formula is C79H52N2. The van der Waals surface area contributed by atoms with E-state index < -0.39 is 5.41 Å². The second-order valence-electron chi connectivity index (χ2n) is 21.5. The van der Waals surface area contributed by atoms with Gasteiger partial charge in [0.15, 0.2) is 0 Å². The molecule has 0 aliphatic heterocycles. The molecule has 378 valence electrons. The molecule has 0 aromatic heterocycles. The maximum atomic E-state index is 2.53. The predicted octanol–water partition coefficient (Wildman–Crippen LogP) is 21.4. The summed E-state index contributed by atoms with van der Waals surface area (Å²) < 4.78 is 0. The molecule has 0 heterocycles. The minimum atomic E-state index is -0.545. The summed E-state index contributed by atoms with van der Waals surface area (Å²) in [6.07, 6.45) is 0. The van der Waals surface area contributed by atoms with E-state index in [2.05, 4.69) is 325 Å². The third-order valence-electron chi connectivity index (χ3n) is 17.2. The molecular weight excluding hydrogens is 977 g/mol. The van der Waals surface area contributed by atoms with Crippen molar-refractivity contribution in [1.29, 1.82) is 0 Å². The molecule has 1 unspecified atom stereocenters. The summed E-state index contributed by atoms with van der Waals surface area (Å²) in [5, 5.41) is 7.39. The van der Waals surface area contributed by atoms with E-state index in [1.807, 2.05) is 0 Å². The number of rotatable bonds is 9. The Labute approximate surface area is 472 Å². The van der Waals surface area contributed by atoms with Crippen molar-refractivity contribution in [2.24, 2.45) is 0 Å². The van der Waals surface area contributed by atoms with Gasteiger partial charge in [0.05, 0.1) is 16.8 Å². The minimum absolute atomic E-state index is 0.545. The quantitative estimate of drug-likeness (QED) is 0.133. The zero-order chi connectivity index (χ0) is 53.4. The van der Waals surface area contributed by atoms with E-state index in [0.717, 1.165) is 50.8 Å².